The fourth-order valence-corrected chi connectivity index (χ4v) is 2.32. The molecule has 0 radical (unpaired) electrons. The number of likely N-dealkylation sites (tertiary alicyclic amines) is 1. The van der Waals surface area contributed by atoms with Gasteiger partial charge in [-0.2, -0.15) is 5.26 Å². The van der Waals surface area contributed by atoms with Crippen molar-refractivity contribution in [1.82, 2.24) is 4.90 Å². The highest BCUT2D eigenvalue weighted by Crippen LogP contribution is 2.20. The van der Waals surface area contributed by atoms with Crippen LogP contribution in [-0.2, 0) is 4.79 Å². The van der Waals surface area contributed by atoms with E-state index in [1.165, 1.54) is 0 Å². The Morgan fingerprint density at radius 1 is 1.50 bits per heavy atom. The lowest BCUT2D eigenvalue weighted by Crippen LogP contribution is -2.28. The second-order valence-electron chi connectivity index (χ2n) is 5.14. The summed E-state index contributed by atoms with van der Waals surface area (Å²) in [5.74, 6) is 0.153. The zero-order valence-electron chi connectivity index (χ0n) is 11.5. The Kier molecular flexibility index (Phi) is 4.54. The molecule has 0 aliphatic carbocycles. The largest absolute Gasteiger partial charge is 0.393 e. The first-order chi connectivity index (χ1) is 9.60. The van der Waals surface area contributed by atoms with Crippen molar-refractivity contribution in [2.45, 2.75) is 19.4 Å². The zero-order valence-corrected chi connectivity index (χ0v) is 11.5. The fourth-order valence-electron chi connectivity index (χ4n) is 2.32. The maximum Gasteiger partial charge on any atom is 0.246 e. The quantitative estimate of drug-likeness (QED) is 0.852. The predicted molar refractivity (Wildman–Crippen MR) is 76.6 cm³/mol. The van der Waals surface area contributed by atoms with Gasteiger partial charge < -0.3 is 10.0 Å². The van der Waals surface area contributed by atoms with E-state index < -0.39 is 0 Å². The van der Waals surface area contributed by atoms with E-state index >= 15 is 0 Å². The minimum atomic E-state index is -0.365. The van der Waals surface area contributed by atoms with Gasteiger partial charge >= 0.3 is 0 Å². The third-order valence-electron chi connectivity index (χ3n) is 3.68. The minimum absolute atomic E-state index is 0.0301. The van der Waals surface area contributed by atoms with Crippen molar-refractivity contribution in [3.8, 4) is 6.07 Å². The standard InChI is InChI=1S/C16H18N2O2/c1-12(19)15-8-9-18(11-15)16(20)7-6-13-2-4-14(10-17)5-3-13/h2-7,12,15,19H,8-9,11H2,1H3/b7-6+. The molecule has 1 fully saturated rings. The molecule has 1 aromatic carbocycles. The van der Waals surface area contributed by atoms with E-state index in [0.29, 0.717) is 18.7 Å². The first kappa shape index (κ1) is 14.3. The molecule has 20 heavy (non-hydrogen) atoms. The fraction of sp³-hybridized carbons (Fsp3) is 0.375. The lowest BCUT2D eigenvalue weighted by molar-refractivity contribution is -0.125. The van der Waals surface area contributed by atoms with Crippen molar-refractivity contribution >= 4 is 12.0 Å². The highest BCUT2D eigenvalue weighted by Gasteiger charge is 2.27. The smallest absolute Gasteiger partial charge is 0.246 e. The maximum atomic E-state index is 12.0. The van der Waals surface area contributed by atoms with Crippen LogP contribution in [0.2, 0.25) is 0 Å². The Morgan fingerprint density at radius 3 is 2.75 bits per heavy atom. The van der Waals surface area contributed by atoms with Crippen molar-refractivity contribution in [1.29, 1.82) is 5.26 Å². The van der Waals surface area contributed by atoms with Gasteiger partial charge in [0.15, 0.2) is 0 Å². The van der Waals surface area contributed by atoms with Crippen molar-refractivity contribution in [3.63, 3.8) is 0 Å². The number of carbonyl (C=O) groups is 1. The van der Waals surface area contributed by atoms with Crippen LogP contribution in [0.3, 0.4) is 0 Å². The molecule has 1 aliphatic heterocycles. The molecule has 0 aromatic heterocycles. The van der Waals surface area contributed by atoms with Crippen molar-refractivity contribution in [3.05, 3.63) is 41.5 Å². The molecule has 0 bridgehead atoms. The first-order valence-corrected chi connectivity index (χ1v) is 6.75. The first-order valence-electron chi connectivity index (χ1n) is 6.75. The predicted octanol–water partition coefficient (Wildman–Crippen LogP) is 1.80. The number of nitrogens with zero attached hydrogens (tertiary/aromatic N) is 2. The van der Waals surface area contributed by atoms with Gasteiger partial charge in [0.25, 0.3) is 0 Å². The molecule has 2 unspecified atom stereocenters. The molecular formula is C16H18N2O2. The summed E-state index contributed by atoms with van der Waals surface area (Å²) in [5, 5.41) is 18.2. The van der Waals surface area contributed by atoms with E-state index in [0.717, 1.165) is 12.0 Å². The van der Waals surface area contributed by atoms with Crippen LogP contribution in [0.1, 0.15) is 24.5 Å². The number of hydrogen-bond acceptors (Lipinski definition) is 3. The molecule has 1 heterocycles. The van der Waals surface area contributed by atoms with Gasteiger partial charge in [-0.05, 0) is 37.1 Å². The van der Waals surface area contributed by atoms with E-state index in [9.17, 15) is 9.90 Å². The molecule has 1 amide bonds. The van der Waals surface area contributed by atoms with Gasteiger partial charge in [0.05, 0.1) is 17.7 Å². The third kappa shape index (κ3) is 3.46. The van der Waals surface area contributed by atoms with E-state index in [4.69, 9.17) is 5.26 Å². The number of carbonyl (C=O) groups excluding carboxylic acids is 1. The molecule has 1 N–H and O–H groups in total. The van der Waals surface area contributed by atoms with Gasteiger partial charge in [0, 0.05) is 25.1 Å². The summed E-state index contributed by atoms with van der Waals surface area (Å²) in [6.45, 7) is 3.09. The van der Waals surface area contributed by atoms with Gasteiger partial charge in [0.2, 0.25) is 5.91 Å². The number of hydrogen-bond donors (Lipinski definition) is 1. The SMILES string of the molecule is CC(O)C1CCN(C(=O)/C=C/c2ccc(C#N)cc2)C1. The number of benzene rings is 1. The van der Waals surface area contributed by atoms with E-state index in [1.807, 2.05) is 12.1 Å². The van der Waals surface area contributed by atoms with Crippen molar-refractivity contribution in [2.24, 2.45) is 5.92 Å². The van der Waals surface area contributed by atoms with Crippen molar-refractivity contribution in [2.75, 3.05) is 13.1 Å². The van der Waals surface area contributed by atoms with Crippen molar-refractivity contribution < 1.29 is 9.90 Å². The van der Waals surface area contributed by atoms with Crippen LogP contribution >= 0.6 is 0 Å². The average Bonchev–Trinajstić information content (AvgIpc) is 2.95. The Balaban J connectivity index is 1.94. The van der Waals surface area contributed by atoms with E-state index in [1.54, 1.807) is 36.1 Å². The molecule has 4 heteroatoms. The van der Waals surface area contributed by atoms with Gasteiger partial charge in [0.1, 0.15) is 0 Å². The van der Waals surface area contributed by atoms with E-state index in [-0.39, 0.29) is 17.9 Å². The van der Waals surface area contributed by atoms with Crippen LogP contribution in [-0.4, -0.2) is 35.1 Å². The highest BCUT2D eigenvalue weighted by molar-refractivity contribution is 5.92. The van der Waals surface area contributed by atoms with Crippen LogP contribution in [0.25, 0.3) is 6.08 Å². The Labute approximate surface area is 118 Å². The van der Waals surface area contributed by atoms with Crippen LogP contribution in [0.15, 0.2) is 30.3 Å². The third-order valence-corrected chi connectivity index (χ3v) is 3.68. The second kappa shape index (κ2) is 6.36. The number of nitriles is 1. The lowest BCUT2D eigenvalue weighted by atomic mass is 10.0. The Hall–Kier alpha value is -2.12. The number of rotatable bonds is 3. The summed E-state index contributed by atoms with van der Waals surface area (Å²) in [5.41, 5.74) is 1.50. The average molecular weight is 270 g/mol. The van der Waals surface area contributed by atoms with Crippen LogP contribution in [0, 0.1) is 17.2 Å². The Bertz CT molecular complexity index is 541. The van der Waals surface area contributed by atoms with Crippen LogP contribution in [0.5, 0.6) is 0 Å². The molecule has 1 aromatic rings. The molecule has 0 saturated carbocycles. The number of aliphatic hydroxyl groups is 1. The summed E-state index contributed by atoms with van der Waals surface area (Å²) in [4.78, 5) is 13.8. The molecule has 2 rings (SSSR count). The topological polar surface area (TPSA) is 64.3 Å². The van der Waals surface area contributed by atoms with Crippen LogP contribution in [0.4, 0.5) is 0 Å². The van der Waals surface area contributed by atoms with Gasteiger partial charge in [-0.1, -0.05) is 12.1 Å². The Morgan fingerprint density at radius 2 is 2.20 bits per heavy atom. The minimum Gasteiger partial charge on any atom is -0.393 e. The molecule has 104 valence electrons. The number of amides is 1. The summed E-state index contributed by atoms with van der Waals surface area (Å²) in [6, 6.07) is 9.13. The maximum absolute atomic E-state index is 12.0. The number of aliphatic hydroxyl groups excluding tert-OH is 1. The monoisotopic (exact) mass is 270 g/mol. The molecule has 1 aliphatic rings. The highest BCUT2D eigenvalue weighted by atomic mass is 16.3. The molecule has 1 saturated heterocycles. The summed E-state index contributed by atoms with van der Waals surface area (Å²) >= 11 is 0. The molecule has 2 atom stereocenters. The normalized spacial score (nSPS) is 20.1. The summed E-state index contributed by atoms with van der Waals surface area (Å²) in [6.07, 6.45) is 3.79. The van der Waals surface area contributed by atoms with Gasteiger partial charge in [-0.15, -0.1) is 0 Å². The molecule has 4 nitrogen and oxygen atoms in total. The summed E-state index contributed by atoms with van der Waals surface area (Å²) < 4.78 is 0. The second-order valence-corrected chi connectivity index (χ2v) is 5.14. The zero-order chi connectivity index (χ0) is 14.5. The van der Waals surface area contributed by atoms with E-state index in [2.05, 4.69) is 6.07 Å². The van der Waals surface area contributed by atoms with Crippen LogP contribution < -0.4 is 0 Å². The summed E-state index contributed by atoms with van der Waals surface area (Å²) in [7, 11) is 0. The van der Waals surface area contributed by atoms with Gasteiger partial charge in [-0.25, -0.2) is 0 Å². The molecule has 0 spiro atoms. The molecular weight excluding hydrogens is 252 g/mol. The van der Waals surface area contributed by atoms with Gasteiger partial charge in [-0.3, -0.25) is 4.79 Å². The lowest BCUT2D eigenvalue weighted by Gasteiger charge is -2.15.